The van der Waals surface area contributed by atoms with Gasteiger partial charge in [-0.3, -0.25) is 4.99 Å². The van der Waals surface area contributed by atoms with Crippen LogP contribution in [-0.4, -0.2) is 12.5 Å². The van der Waals surface area contributed by atoms with E-state index < -0.39 is 0 Å². The van der Waals surface area contributed by atoms with Crippen LogP contribution in [0.3, 0.4) is 0 Å². The van der Waals surface area contributed by atoms with Crippen LogP contribution in [0, 0.1) is 5.92 Å². The number of halogens is 1. The van der Waals surface area contributed by atoms with E-state index in [4.69, 9.17) is 5.73 Å². The number of guanidine groups is 1. The molecule has 0 saturated carbocycles. The van der Waals surface area contributed by atoms with Crippen molar-refractivity contribution in [1.82, 2.24) is 0 Å². The molecule has 3 N–H and O–H groups in total. The second-order valence-corrected chi connectivity index (χ2v) is 7.11. The van der Waals surface area contributed by atoms with Crippen LogP contribution in [-0.2, 0) is 19.3 Å². The Bertz CT molecular complexity index is 652. The maximum atomic E-state index is 6.01. The predicted octanol–water partition coefficient (Wildman–Crippen LogP) is 4.46. The van der Waals surface area contributed by atoms with Gasteiger partial charge in [0, 0.05) is 17.1 Å². The largest absolute Gasteiger partial charge is 0.370 e. The standard InChI is InChI=1S/C18H23N3S.HI/c1-13(10-17-6-3-9-22-17)12-20-18(19)21-16-8-7-14-4-2-5-15(14)11-16;/h3,6-9,11,13H,2,4-5,10,12H2,1H3,(H3,19,20,21);1H. The maximum Gasteiger partial charge on any atom is 0.193 e. The molecule has 1 unspecified atom stereocenters. The summed E-state index contributed by atoms with van der Waals surface area (Å²) in [4.78, 5) is 5.89. The van der Waals surface area contributed by atoms with Crippen LogP contribution in [0.4, 0.5) is 5.69 Å². The van der Waals surface area contributed by atoms with E-state index in [0.717, 1.165) is 18.7 Å². The van der Waals surface area contributed by atoms with Gasteiger partial charge >= 0.3 is 0 Å². The molecule has 1 atom stereocenters. The summed E-state index contributed by atoms with van der Waals surface area (Å²) in [6.45, 7) is 2.97. The molecule has 2 aromatic rings. The van der Waals surface area contributed by atoms with Crippen molar-refractivity contribution in [2.45, 2.75) is 32.6 Å². The minimum Gasteiger partial charge on any atom is -0.370 e. The van der Waals surface area contributed by atoms with Crippen LogP contribution >= 0.6 is 35.3 Å². The number of nitrogens with one attached hydrogen (secondary N) is 1. The number of benzene rings is 1. The molecule has 1 aromatic heterocycles. The van der Waals surface area contributed by atoms with Gasteiger partial charge in [0.1, 0.15) is 0 Å². The van der Waals surface area contributed by atoms with E-state index in [1.807, 2.05) is 0 Å². The van der Waals surface area contributed by atoms with Crippen LogP contribution in [0.5, 0.6) is 0 Å². The molecule has 1 aliphatic carbocycles. The van der Waals surface area contributed by atoms with E-state index in [1.54, 1.807) is 11.3 Å². The zero-order valence-corrected chi connectivity index (χ0v) is 16.6. The summed E-state index contributed by atoms with van der Waals surface area (Å²) in [5.74, 6) is 1.01. The van der Waals surface area contributed by atoms with Crippen molar-refractivity contribution in [2.75, 3.05) is 11.9 Å². The van der Waals surface area contributed by atoms with Crippen LogP contribution in [0.1, 0.15) is 29.3 Å². The Morgan fingerprint density at radius 2 is 2.13 bits per heavy atom. The van der Waals surface area contributed by atoms with Gasteiger partial charge in [-0.15, -0.1) is 35.3 Å². The van der Waals surface area contributed by atoms with Gasteiger partial charge in [-0.1, -0.05) is 19.1 Å². The summed E-state index contributed by atoms with van der Waals surface area (Å²) >= 11 is 1.80. The SMILES string of the molecule is CC(CN=C(N)Nc1ccc2c(c1)CCC2)Cc1cccs1.I. The Morgan fingerprint density at radius 1 is 1.30 bits per heavy atom. The molecule has 5 heteroatoms. The lowest BCUT2D eigenvalue weighted by Gasteiger charge is -2.10. The smallest absolute Gasteiger partial charge is 0.193 e. The second kappa shape index (κ2) is 8.68. The van der Waals surface area contributed by atoms with Crippen LogP contribution < -0.4 is 11.1 Å². The predicted molar refractivity (Wildman–Crippen MR) is 111 cm³/mol. The number of aryl methyl sites for hydroxylation is 2. The van der Waals surface area contributed by atoms with Crippen molar-refractivity contribution in [2.24, 2.45) is 16.6 Å². The molecule has 3 nitrogen and oxygen atoms in total. The van der Waals surface area contributed by atoms with Crippen molar-refractivity contribution in [3.8, 4) is 0 Å². The van der Waals surface area contributed by atoms with Crippen LogP contribution in [0.25, 0.3) is 0 Å². The van der Waals surface area contributed by atoms with Gasteiger partial charge in [-0.2, -0.15) is 0 Å². The zero-order valence-electron chi connectivity index (χ0n) is 13.4. The number of nitrogens with two attached hydrogens (primary N) is 1. The summed E-state index contributed by atoms with van der Waals surface area (Å²) in [6, 6.07) is 10.8. The first-order valence-corrected chi connectivity index (χ1v) is 8.80. The first kappa shape index (κ1) is 18.3. The van der Waals surface area contributed by atoms with Crippen LogP contribution in [0.15, 0.2) is 40.7 Å². The Hall–Kier alpha value is -1.08. The third-order valence-electron chi connectivity index (χ3n) is 4.07. The number of thiophene rings is 1. The second-order valence-electron chi connectivity index (χ2n) is 6.08. The van der Waals surface area contributed by atoms with Gasteiger partial charge in [0.15, 0.2) is 5.96 Å². The normalized spacial score (nSPS) is 14.9. The molecular formula is C18H24IN3S. The van der Waals surface area contributed by atoms with E-state index in [2.05, 4.69) is 52.9 Å². The Kier molecular flexibility index (Phi) is 6.89. The van der Waals surface area contributed by atoms with Gasteiger partial charge in [-0.05, 0) is 66.3 Å². The third-order valence-corrected chi connectivity index (χ3v) is 4.97. The van der Waals surface area contributed by atoms with E-state index >= 15 is 0 Å². The number of hydrogen-bond donors (Lipinski definition) is 2. The highest BCUT2D eigenvalue weighted by Gasteiger charge is 2.11. The van der Waals surface area contributed by atoms with Gasteiger partial charge in [0.25, 0.3) is 0 Å². The molecule has 3 rings (SSSR count). The average Bonchev–Trinajstić information content (AvgIpc) is 3.15. The maximum absolute atomic E-state index is 6.01. The molecule has 0 amide bonds. The first-order valence-electron chi connectivity index (χ1n) is 7.92. The lowest BCUT2D eigenvalue weighted by Crippen LogP contribution is -2.23. The molecule has 23 heavy (non-hydrogen) atoms. The van der Waals surface area contributed by atoms with E-state index in [-0.39, 0.29) is 24.0 Å². The van der Waals surface area contributed by atoms with Gasteiger partial charge < -0.3 is 11.1 Å². The van der Waals surface area contributed by atoms with Crippen molar-refractivity contribution in [3.63, 3.8) is 0 Å². The Morgan fingerprint density at radius 3 is 2.91 bits per heavy atom. The summed E-state index contributed by atoms with van der Waals surface area (Å²) in [6.07, 6.45) is 4.72. The number of nitrogens with zero attached hydrogens (tertiary/aromatic N) is 1. The molecule has 1 aromatic carbocycles. The minimum absolute atomic E-state index is 0. The van der Waals surface area contributed by atoms with Crippen molar-refractivity contribution < 1.29 is 0 Å². The molecule has 0 fully saturated rings. The third kappa shape index (κ3) is 5.21. The van der Waals surface area contributed by atoms with Gasteiger partial charge in [-0.25, -0.2) is 0 Å². The summed E-state index contributed by atoms with van der Waals surface area (Å²) in [7, 11) is 0. The molecule has 1 heterocycles. The van der Waals surface area contributed by atoms with E-state index in [0.29, 0.717) is 11.9 Å². The Balaban J connectivity index is 0.00000192. The molecule has 1 aliphatic rings. The number of fused-ring (bicyclic) bond motifs is 1. The van der Waals surface area contributed by atoms with E-state index in [9.17, 15) is 0 Å². The minimum atomic E-state index is 0. The fourth-order valence-corrected chi connectivity index (χ4v) is 3.80. The topological polar surface area (TPSA) is 50.4 Å². The molecule has 0 aliphatic heterocycles. The first-order chi connectivity index (χ1) is 10.7. The fraction of sp³-hybridized carbons (Fsp3) is 0.389. The van der Waals surface area contributed by atoms with Crippen molar-refractivity contribution >= 4 is 47.0 Å². The van der Waals surface area contributed by atoms with Crippen LogP contribution in [0.2, 0.25) is 0 Å². The van der Waals surface area contributed by atoms with E-state index in [1.165, 1.54) is 35.3 Å². The molecular weight excluding hydrogens is 417 g/mol. The highest BCUT2D eigenvalue weighted by atomic mass is 127. The summed E-state index contributed by atoms with van der Waals surface area (Å²) < 4.78 is 0. The molecule has 0 saturated heterocycles. The lowest BCUT2D eigenvalue weighted by molar-refractivity contribution is 0.599. The van der Waals surface area contributed by atoms with Crippen molar-refractivity contribution in [1.29, 1.82) is 0 Å². The van der Waals surface area contributed by atoms with Gasteiger partial charge in [0.2, 0.25) is 0 Å². The lowest BCUT2D eigenvalue weighted by atomic mass is 10.1. The molecule has 0 bridgehead atoms. The fourth-order valence-electron chi connectivity index (χ4n) is 2.93. The molecule has 124 valence electrons. The average molecular weight is 441 g/mol. The molecule has 0 radical (unpaired) electrons. The molecule has 0 spiro atoms. The quantitative estimate of drug-likeness (QED) is 0.409. The zero-order chi connectivity index (χ0) is 15.4. The Labute approximate surface area is 159 Å². The number of anilines is 1. The monoisotopic (exact) mass is 441 g/mol. The number of aliphatic imine (C=N–C) groups is 1. The summed E-state index contributed by atoms with van der Waals surface area (Å²) in [5.41, 5.74) is 9.99. The number of rotatable bonds is 5. The van der Waals surface area contributed by atoms with Gasteiger partial charge in [0.05, 0.1) is 0 Å². The summed E-state index contributed by atoms with van der Waals surface area (Å²) in [5, 5.41) is 5.34. The van der Waals surface area contributed by atoms with Crippen molar-refractivity contribution in [3.05, 3.63) is 51.7 Å². The highest BCUT2D eigenvalue weighted by molar-refractivity contribution is 14.0. The number of hydrogen-bond acceptors (Lipinski definition) is 2. The highest BCUT2D eigenvalue weighted by Crippen LogP contribution is 2.24.